The first-order valence-corrected chi connectivity index (χ1v) is 6.48. The van der Waals surface area contributed by atoms with Crippen LogP contribution in [-0.2, 0) is 0 Å². The Labute approximate surface area is 106 Å². The SMILES string of the molecule is C=C(C)C(=CC(=C)C1=C(C)C=CCC1)CCC. The molecule has 0 amide bonds. The van der Waals surface area contributed by atoms with Crippen molar-refractivity contribution in [3.63, 3.8) is 0 Å². The van der Waals surface area contributed by atoms with E-state index in [-0.39, 0.29) is 0 Å². The quantitative estimate of drug-likeness (QED) is 0.544. The molecule has 0 spiro atoms. The third-order valence-electron chi connectivity index (χ3n) is 3.21. The molecule has 0 saturated carbocycles. The van der Waals surface area contributed by atoms with Crippen molar-refractivity contribution in [2.45, 2.75) is 46.5 Å². The van der Waals surface area contributed by atoms with E-state index in [1.165, 1.54) is 22.3 Å². The summed E-state index contributed by atoms with van der Waals surface area (Å²) in [5.74, 6) is 0. The molecular formula is C17H24. The van der Waals surface area contributed by atoms with Crippen LogP contribution in [0.4, 0.5) is 0 Å². The summed E-state index contributed by atoms with van der Waals surface area (Å²) in [6, 6.07) is 0. The van der Waals surface area contributed by atoms with Gasteiger partial charge in [-0.05, 0) is 55.4 Å². The van der Waals surface area contributed by atoms with Crippen molar-refractivity contribution >= 4 is 0 Å². The average Bonchev–Trinajstić information content (AvgIpc) is 2.28. The lowest BCUT2D eigenvalue weighted by atomic mass is 9.90. The Morgan fingerprint density at radius 2 is 2.12 bits per heavy atom. The molecule has 0 heteroatoms. The average molecular weight is 228 g/mol. The fourth-order valence-corrected chi connectivity index (χ4v) is 2.17. The van der Waals surface area contributed by atoms with Crippen LogP contribution in [0.5, 0.6) is 0 Å². The van der Waals surface area contributed by atoms with E-state index < -0.39 is 0 Å². The molecule has 1 rings (SSSR count). The van der Waals surface area contributed by atoms with E-state index in [0.29, 0.717) is 0 Å². The Kier molecular flexibility index (Phi) is 5.21. The molecule has 0 aromatic rings. The van der Waals surface area contributed by atoms with Crippen molar-refractivity contribution in [1.29, 1.82) is 0 Å². The number of hydrogen-bond acceptors (Lipinski definition) is 0. The minimum absolute atomic E-state index is 1.09. The zero-order valence-electron chi connectivity index (χ0n) is 11.5. The van der Waals surface area contributed by atoms with Crippen molar-refractivity contribution in [3.8, 4) is 0 Å². The zero-order valence-corrected chi connectivity index (χ0v) is 11.5. The van der Waals surface area contributed by atoms with E-state index in [1.54, 1.807) is 0 Å². The van der Waals surface area contributed by atoms with E-state index >= 15 is 0 Å². The second-order valence-electron chi connectivity index (χ2n) is 4.83. The summed E-state index contributed by atoms with van der Waals surface area (Å²) in [6.45, 7) is 14.7. The smallest absolute Gasteiger partial charge is 0.0236 e. The first-order valence-electron chi connectivity index (χ1n) is 6.48. The van der Waals surface area contributed by atoms with Gasteiger partial charge in [-0.15, -0.1) is 0 Å². The van der Waals surface area contributed by atoms with E-state index in [0.717, 1.165) is 31.3 Å². The fraction of sp³-hybridized carbons (Fsp3) is 0.412. The van der Waals surface area contributed by atoms with Gasteiger partial charge >= 0.3 is 0 Å². The summed E-state index contributed by atoms with van der Waals surface area (Å²) in [7, 11) is 0. The molecule has 0 aliphatic heterocycles. The van der Waals surface area contributed by atoms with Gasteiger partial charge in [-0.2, -0.15) is 0 Å². The zero-order chi connectivity index (χ0) is 12.8. The molecule has 0 atom stereocenters. The molecule has 0 N–H and O–H groups in total. The molecule has 0 aromatic carbocycles. The van der Waals surface area contributed by atoms with Gasteiger partial charge in [0.05, 0.1) is 0 Å². The van der Waals surface area contributed by atoms with Crippen LogP contribution >= 0.6 is 0 Å². The highest BCUT2D eigenvalue weighted by atomic mass is 14.1. The van der Waals surface area contributed by atoms with E-state index in [2.05, 4.69) is 52.2 Å². The lowest BCUT2D eigenvalue weighted by Crippen LogP contribution is -1.96. The predicted octanol–water partition coefficient (Wildman–Crippen LogP) is 5.51. The van der Waals surface area contributed by atoms with Gasteiger partial charge in [-0.3, -0.25) is 0 Å². The highest BCUT2D eigenvalue weighted by Gasteiger charge is 2.08. The molecule has 1 aliphatic rings. The molecule has 1 aliphatic carbocycles. The fourth-order valence-electron chi connectivity index (χ4n) is 2.17. The standard InChI is InChI=1S/C17H24/c1-6-9-16(13(2)3)12-15(5)17-11-8-7-10-14(17)4/h7,10,12H,2,5-6,8-9,11H2,1,3-4H3. The van der Waals surface area contributed by atoms with Gasteiger partial charge in [-0.25, -0.2) is 0 Å². The van der Waals surface area contributed by atoms with Gasteiger partial charge in [-0.1, -0.05) is 50.3 Å². The molecule has 17 heavy (non-hydrogen) atoms. The van der Waals surface area contributed by atoms with Gasteiger partial charge in [0.15, 0.2) is 0 Å². The van der Waals surface area contributed by atoms with Crippen LogP contribution in [0.15, 0.2) is 59.3 Å². The van der Waals surface area contributed by atoms with Crippen LogP contribution in [0.1, 0.15) is 46.5 Å². The maximum Gasteiger partial charge on any atom is -0.0236 e. The molecule has 92 valence electrons. The van der Waals surface area contributed by atoms with Gasteiger partial charge < -0.3 is 0 Å². The molecule has 0 bridgehead atoms. The van der Waals surface area contributed by atoms with Crippen LogP contribution < -0.4 is 0 Å². The summed E-state index contributed by atoms with van der Waals surface area (Å²) in [6.07, 6.45) is 11.2. The van der Waals surface area contributed by atoms with Gasteiger partial charge in [0.2, 0.25) is 0 Å². The van der Waals surface area contributed by atoms with Crippen molar-refractivity contribution in [2.24, 2.45) is 0 Å². The van der Waals surface area contributed by atoms with Crippen LogP contribution in [0.3, 0.4) is 0 Å². The number of rotatable bonds is 5. The van der Waals surface area contributed by atoms with Gasteiger partial charge in [0, 0.05) is 0 Å². The summed E-state index contributed by atoms with van der Waals surface area (Å²) in [5, 5.41) is 0. The van der Waals surface area contributed by atoms with Crippen molar-refractivity contribution in [2.75, 3.05) is 0 Å². The summed E-state index contributed by atoms with van der Waals surface area (Å²) >= 11 is 0. The Morgan fingerprint density at radius 1 is 1.41 bits per heavy atom. The van der Waals surface area contributed by atoms with Crippen LogP contribution in [-0.4, -0.2) is 0 Å². The Hall–Kier alpha value is -1.30. The molecule has 0 saturated heterocycles. The summed E-state index contributed by atoms with van der Waals surface area (Å²) < 4.78 is 0. The van der Waals surface area contributed by atoms with Gasteiger partial charge in [0.1, 0.15) is 0 Å². The first-order chi connectivity index (χ1) is 8.06. The van der Waals surface area contributed by atoms with Crippen LogP contribution in [0.25, 0.3) is 0 Å². The third-order valence-corrected chi connectivity index (χ3v) is 3.21. The summed E-state index contributed by atoms with van der Waals surface area (Å²) in [5.41, 5.74) is 6.43. The summed E-state index contributed by atoms with van der Waals surface area (Å²) in [4.78, 5) is 0. The van der Waals surface area contributed by atoms with Crippen LogP contribution in [0.2, 0.25) is 0 Å². The first kappa shape index (κ1) is 13.8. The second-order valence-corrected chi connectivity index (χ2v) is 4.83. The van der Waals surface area contributed by atoms with Crippen molar-refractivity contribution in [3.05, 3.63) is 59.3 Å². The maximum absolute atomic E-state index is 4.22. The van der Waals surface area contributed by atoms with E-state index in [9.17, 15) is 0 Å². The Balaban J connectivity index is 2.93. The van der Waals surface area contributed by atoms with E-state index in [4.69, 9.17) is 0 Å². The molecule has 0 unspecified atom stereocenters. The molecule has 0 heterocycles. The Bertz CT molecular complexity index is 400. The van der Waals surface area contributed by atoms with Crippen molar-refractivity contribution in [1.82, 2.24) is 0 Å². The third kappa shape index (κ3) is 3.89. The molecule has 0 aromatic heterocycles. The van der Waals surface area contributed by atoms with E-state index in [1.807, 2.05) is 0 Å². The Morgan fingerprint density at radius 3 is 2.65 bits per heavy atom. The molecule has 0 radical (unpaired) electrons. The van der Waals surface area contributed by atoms with Gasteiger partial charge in [0.25, 0.3) is 0 Å². The monoisotopic (exact) mass is 228 g/mol. The predicted molar refractivity (Wildman–Crippen MR) is 78.0 cm³/mol. The second kappa shape index (κ2) is 6.44. The minimum Gasteiger partial charge on any atom is -0.0958 e. The lowest BCUT2D eigenvalue weighted by Gasteiger charge is -2.15. The van der Waals surface area contributed by atoms with Crippen LogP contribution in [0, 0.1) is 0 Å². The molecule has 0 nitrogen and oxygen atoms in total. The van der Waals surface area contributed by atoms with Crippen molar-refractivity contribution < 1.29 is 0 Å². The highest BCUT2D eigenvalue weighted by molar-refractivity contribution is 5.48. The highest BCUT2D eigenvalue weighted by Crippen LogP contribution is 2.27. The number of hydrogen-bond donors (Lipinski definition) is 0. The molecule has 0 fully saturated rings. The topological polar surface area (TPSA) is 0 Å². The minimum atomic E-state index is 1.09. The lowest BCUT2D eigenvalue weighted by molar-refractivity contribution is 0.907. The maximum atomic E-state index is 4.22. The molecular weight excluding hydrogens is 204 g/mol. The number of allylic oxidation sites excluding steroid dienone is 8. The normalized spacial score (nSPS) is 16.3. The largest absolute Gasteiger partial charge is 0.0958 e.